The van der Waals surface area contributed by atoms with E-state index in [1.165, 1.54) is 5.56 Å². The summed E-state index contributed by atoms with van der Waals surface area (Å²) in [6.07, 6.45) is 1.07. The van der Waals surface area contributed by atoms with Gasteiger partial charge in [0.25, 0.3) is 0 Å². The average Bonchev–Trinajstić information content (AvgIpc) is 2.16. The van der Waals surface area contributed by atoms with E-state index in [1.807, 2.05) is 6.07 Å². The van der Waals surface area contributed by atoms with E-state index < -0.39 is 0 Å². The zero-order chi connectivity index (χ0) is 8.81. The molecule has 0 fully saturated rings. The van der Waals surface area contributed by atoms with Crippen LogP contribution < -0.4 is 5.73 Å². The van der Waals surface area contributed by atoms with Crippen molar-refractivity contribution >= 4 is 15.9 Å². The van der Waals surface area contributed by atoms with Gasteiger partial charge in [0.2, 0.25) is 0 Å². The van der Waals surface area contributed by atoms with Crippen LogP contribution in [0.4, 0.5) is 0 Å². The Kier molecular flexibility index (Phi) is 4.33. The van der Waals surface area contributed by atoms with Gasteiger partial charge in [0.05, 0.1) is 0 Å². The van der Waals surface area contributed by atoms with E-state index in [-0.39, 0.29) is 0 Å². The zero-order valence-corrected chi connectivity index (χ0v) is 8.63. The summed E-state index contributed by atoms with van der Waals surface area (Å²) >= 11 is 3.45. The first kappa shape index (κ1) is 9.75. The molecule has 0 heterocycles. The highest BCUT2D eigenvalue weighted by atomic mass is 79.9. The molecule has 0 aliphatic rings. The lowest BCUT2D eigenvalue weighted by molar-refractivity contribution is 0.607. The lowest BCUT2D eigenvalue weighted by Crippen LogP contribution is -2.17. The average molecular weight is 228 g/mol. The second-order valence-electron chi connectivity index (χ2n) is 2.95. The Morgan fingerprint density at radius 2 is 1.92 bits per heavy atom. The van der Waals surface area contributed by atoms with Gasteiger partial charge < -0.3 is 5.73 Å². The van der Waals surface area contributed by atoms with Gasteiger partial charge >= 0.3 is 0 Å². The van der Waals surface area contributed by atoms with Crippen LogP contribution in [0.15, 0.2) is 30.3 Å². The molecule has 2 heteroatoms. The van der Waals surface area contributed by atoms with Crippen LogP contribution in [-0.4, -0.2) is 11.9 Å². The van der Waals surface area contributed by atoms with Crippen LogP contribution in [0.25, 0.3) is 0 Å². The van der Waals surface area contributed by atoms with Crippen LogP contribution in [0.1, 0.15) is 5.56 Å². The molecule has 1 aromatic rings. The molecule has 0 amide bonds. The zero-order valence-electron chi connectivity index (χ0n) is 7.04. The van der Waals surface area contributed by atoms with Crippen molar-refractivity contribution < 1.29 is 0 Å². The molecular weight excluding hydrogens is 214 g/mol. The molecular formula is C10H14BrN. The van der Waals surface area contributed by atoms with Crippen molar-refractivity contribution in [3.8, 4) is 0 Å². The molecule has 0 saturated heterocycles. The Hall–Kier alpha value is -0.340. The first-order valence-electron chi connectivity index (χ1n) is 4.16. The van der Waals surface area contributed by atoms with Crippen molar-refractivity contribution in [3.63, 3.8) is 0 Å². The molecule has 0 spiro atoms. The molecule has 2 N–H and O–H groups in total. The lowest BCUT2D eigenvalue weighted by atomic mass is 10.0. The van der Waals surface area contributed by atoms with Crippen LogP contribution in [0.3, 0.4) is 0 Å². The molecule has 1 aromatic carbocycles. The Morgan fingerprint density at radius 3 is 2.42 bits per heavy atom. The number of benzene rings is 1. The second kappa shape index (κ2) is 5.33. The van der Waals surface area contributed by atoms with Crippen molar-refractivity contribution in [1.82, 2.24) is 0 Å². The van der Waals surface area contributed by atoms with Gasteiger partial charge in [-0.05, 0) is 24.4 Å². The maximum absolute atomic E-state index is 5.60. The molecule has 0 radical (unpaired) electrons. The third-order valence-corrected chi connectivity index (χ3v) is 2.83. The van der Waals surface area contributed by atoms with E-state index >= 15 is 0 Å². The Balaban J connectivity index is 2.51. The summed E-state index contributed by atoms with van der Waals surface area (Å²) in [7, 11) is 0. The van der Waals surface area contributed by atoms with Gasteiger partial charge in [0, 0.05) is 5.33 Å². The minimum Gasteiger partial charge on any atom is -0.330 e. The lowest BCUT2D eigenvalue weighted by Gasteiger charge is -2.10. The van der Waals surface area contributed by atoms with Gasteiger partial charge in [0.1, 0.15) is 0 Å². The summed E-state index contributed by atoms with van der Waals surface area (Å²) in [5.41, 5.74) is 6.97. The van der Waals surface area contributed by atoms with Gasteiger partial charge in [-0.15, -0.1) is 0 Å². The molecule has 0 aliphatic heterocycles. The largest absolute Gasteiger partial charge is 0.330 e. The highest BCUT2D eigenvalue weighted by molar-refractivity contribution is 9.09. The van der Waals surface area contributed by atoms with Gasteiger partial charge in [-0.3, -0.25) is 0 Å². The first-order chi connectivity index (χ1) is 5.86. The van der Waals surface area contributed by atoms with E-state index in [0.717, 1.165) is 18.3 Å². The topological polar surface area (TPSA) is 26.0 Å². The molecule has 1 rings (SSSR count). The predicted octanol–water partition coefficient (Wildman–Crippen LogP) is 2.20. The summed E-state index contributed by atoms with van der Waals surface area (Å²) in [4.78, 5) is 0. The summed E-state index contributed by atoms with van der Waals surface area (Å²) in [6.45, 7) is 0.750. The SMILES string of the molecule is NCC(CBr)Cc1ccccc1. The fourth-order valence-electron chi connectivity index (χ4n) is 1.15. The van der Waals surface area contributed by atoms with Crippen molar-refractivity contribution in [2.24, 2.45) is 11.7 Å². The predicted molar refractivity (Wildman–Crippen MR) is 56.5 cm³/mol. The highest BCUT2D eigenvalue weighted by Gasteiger charge is 2.04. The smallest absolute Gasteiger partial charge is 0.00748 e. The molecule has 66 valence electrons. The van der Waals surface area contributed by atoms with Crippen molar-refractivity contribution in [2.45, 2.75) is 6.42 Å². The van der Waals surface area contributed by atoms with Crippen molar-refractivity contribution in [2.75, 3.05) is 11.9 Å². The number of halogens is 1. The fraction of sp³-hybridized carbons (Fsp3) is 0.400. The molecule has 0 aliphatic carbocycles. The quantitative estimate of drug-likeness (QED) is 0.785. The van der Waals surface area contributed by atoms with Crippen molar-refractivity contribution in [3.05, 3.63) is 35.9 Å². The summed E-state index contributed by atoms with van der Waals surface area (Å²) in [5, 5.41) is 0.985. The van der Waals surface area contributed by atoms with Gasteiger partial charge in [-0.25, -0.2) is 0 Å². The monoisotopic (exact) mass is 227 g/mol. The number of nitrogens with two attached hydrogens (primary N) is 1. The van der Waals surface area contributed by atoms with Crippen LogP contribution >= 0.6 is 15.9 Å². The fourth-order valence-corrected chi connectivity index (χ4v) is 1.64. The van der Waals surface area contributed by atoms with Gasteiger partial charge in [0.15, 0.2) is 0 Å². The minimum atomic E-state index is 0.562. The van der Waals surface area contributed by atoms with Crippen molar-refractivity contribution in [1.29, 1.82) is 0 Å². The van der Waals surface area contributed by atoms with E-state index in [1.54, 1.807) is 0 Å². The second-order valence-corrected chi connectivity index (χ2v) is 3.59. The third kappa shape index (κ3) is 2.95. The third-order valence-electron chi connectivity index (χ3n) is 1.92. The summed E-state index contributed by atoms with van der Waals surface area (Å²) in [6, 6.07) is 10.5. The molecule has 1 unspecified atom stereocenters. The number of alkyl halides is 1. The standard InChI is InChI=1S/C10H14BrN/c11-7-10(8-12)6-9-4-2-1-3-5-9/h1-5,10H,6-8,12H2. The maximum atomic E-state index is 5.60. The van der Waals surface area contributed by atoms with E-state index in [0.29, 0.717) is 5.92 Å². The molecule has 0 saturated carbocycles. The molecule has 12 heavy (non-hydrogen) atoms. The Morgan fingerprint density at radius 1 is 1.25 bits per heavy atom. The summed E-state index contributed by atoms with van der Waals surface area (Å²) in [5.74, 6) is 0.562. The van der Waals surface area contributed by atoms with E-state index in [9.17, 15) is 0 Å². The highest BCUT2D eigenvalue weighted by Crippen LogP contribution is 2.09. The molecule has 0 aromatic heterocycles. The van der Waals surface area contributed by atoms with Gasteiger partial charge in [-0.2, -0.15) is 0 Å². The number of hydrogen-bond acceptors (Lipinski definition) is 1. The van der Waals surface area contributed by atoms with Crippen LogP contribution in [0.2, 0.25) is 0 Å². The molecule has 1 nitrogen and oxygen atoms in total. The van der Waals surface area contributed by atoms with Gasteiger partial charge in [-0.1, -0.05) is 46.3 Å². The van der Waals surface area contributed by atoms with Crippen LogP contribution in [-0.2, 0) is 6.42 Å². The number of rotatable bonds is 4. The first-order valence-corrected chi connectivity index (χ1v) is 5.29. The molecule has 0 bridgehead atoms. The minimum absolute atomic E-state index is 0.562. The maximum Gasteiger partial charge on any atom is 0.00748 e. The Bertz CT molecular complexity index is 206. The normalized spacial score (nSPS) is 12.8. The molecule has 1 atom stereocenters. The van der Waals surface area contributed by atoms with Crippen LogP contribution in [0, 0.1) is 5.92 Å². The number of hydrogen-bond donors (Lipinski definition) is 1. The van der Waals surface area contributed by atoms with E-state index in [2.05, 4.69) is 40.2 Å². The van der Waals surface area contributed by atoms with Crippen LogP contribution in [0.5, 0.6) is 0 Å². The summed E-state index contributed by atoms with van der Waals surface area (Å²) < 4.78 is 0. The Labute approximate surface area is 82.1 Å². The van der Waals surface area contributed by atoms with E-state index in [4.69, 9.17) is 5.73 Å².